The van der Waals surface area contributed by atoms with E-state index in [9.17, 15) is 22.8 Å². The minimum atomic E-state index is -4.40. The molecule has 0 aliphatic rings. The van der Waals surface area contributed by atoms with Gasteiger partial charge in [-0.15, -0.1) is 0 Å². The molecule has 0 fully saturated rings. The lowest BCUT2D eigenvalue weighted by molar-refractivity contribution is -0.137. The van der Waals surface area contributed by atoms with Gasteiger partial charge < -0.3 is 15.0 Å². The molecule has 0 aliphatic heterocycles. The molecule has 0 atom stereocenters. The lowest BCUT2D eigenvalue weighted by Gasteiger charge is -2.18. The summed E-state index contributed by atoms with van der Waals surface area (Å²) in [6, 6.07) is 11.3. The molecule has 8 heteroatoms. The molecular formula is C20H21F3N2O3. The molecule has 0 spiro atoms. The highest BCUT2D eigenvalue weighted by molar-refractivity contribution is 5.98. The number of likely N-dealkylation sites (N-methyl/N-ethyl adjacent to an activating group) is 1. The van der Waals surface area contributed by atoms with Crippen LogP contribution in [0.2, 0.25) is 0 Å². The van der Waals surface area contributed by atoms with Crippen molar-refractivity contribution in [3.8, 4) is 5.75 Å². The molecule has 0 heterocycles. The molecular weight excluding hydrogens is 373 g/mol. The van der Waals surface area contributed by atoms with E-state index < -0.39 is 17.6 Å². The van der Waals surface area contributed by atoms with Crippen LogP contribution in [0.3, 0.4) is 0 Å². The van der Waals surface area contributed by atoms with Gasteiger partial charge in [-0.2, -0.15) is 13.2 Å². The van der Waals surface area contributed by atoms with E-state index in [-0.39, 0.29) is 19.0 Å². The lowest BCUT2D eigenvalue weighted by atomic mass is 10.1. The Morgan fingerprint density at radius 1 is 1.07 bits per heavy atom. The third-order valence-corrected chi connectivity index (χ3v) is 3.96. The maximum atomic E-state index is 12.6. The molecule has 0 aliphatic carbocycles. The number of alkyl halides is 3. The van der Waals surface area contributed by atoms with E-state index in [4.69, 9.17) is 4.74 Å². The van der Waals surface area contributed by atoms with Crippen LogP contribution in [0.4, 0.5) is 13.2 Å². The van der Waals surface area contributed by atoms with E-state index in [1.807, 2.05) is 0 Å². The van der Waals surface area contributed by atoms with Gasteiger partial charge in [0.2, 0.25) is 5.91 Å². The second-order valence-electron chi connectivity index (χ2n) is 6.06. The molecule has 0 aromatic heterocycles. The Morgan fingerprint density at radius 2 is 1.71 bits per heavy atom. The van der Waals surface area contributed by atoms with Crippen molar-refractivity contribution in [3.05, 3.63) is 65.2 Å². The normalized spacial score (nSPS) is 11.0. The molecule has 5 nitrogen and oxygen atoms in total. The molecule has 150 valence electrons. The van der Waals surface area contributed by atoms with Crippen molar-refractivity contribution in [2.24, 2.45) is 0 Å². The van der Waals surface area contributed by atoms with Gasteiger partial charge in [0.05, 0.1) is 24.3 Å². The highest BCUT2D eigenvalue weighted by Gasteiger charge is 2.30. The Bertz CT molecular complexity index is 820. The van der Waals surface area contributed by atoms with Crippen LogP contribution < -0.4 is 10.1 Å². The lowest BCUT2D eigenvalue weighted by Crippen LogP contribution is -2.37. The SMILES string of the molecule is CCOc1ccccc1C(=O)NCC(=O)N(C)Cc1ccc(C(F)(F)F)cc1. The summed E-state index contributed by atoms with van der Waals surface area (Å²) in [6.07, 6.45) is -4.40. The first-order valence-electron chi connectivity index (χ1n) is 8.62. The van der Waals surface area contributed by atoms with Gasteiger partial charge in [-0.3, -0.25) is 9.59 Å². The fourth-order valence-electron chi connectivity index (χ4n) is 2.48. The quantitative estimate of drug-likeness (QED) is 0.782. The fourth-order valence-corrected chi connectivity index (χ4v) is 2.48. The van der Waals surface area contributed by atoms with E-state index in [2.05, 4.69) is 5.32 Å². The Kier molecular flexibility index (Phi) is 7.03. The summed E-state index contributed by atoms with van der Waals surface area (Å²) in [5, 5.41) is 2.53. The minimum Gasteiger partial charge on any atom is -0.493 e. The topological polar surface area (TPSA) is 58.6 Å². The Labute approximate surface area is 161 Å². The summed E-state index contributed by atoms with van der Waals surface area (Å²) >= 11 is 0. The van der Waals surface area contributed by atoms with E-state index >= 15 is 0 Å². The number of nitrogens with zero attached hydrogens (tertiary/aromatic N) is 1. The van der Waals surface area contributed by atoms with Crippen LogP contribution in [0.15, 0.2) is 48.5 Å². The number of hydrogen-bond donors (Lipinski definition) is 1. The first-order valence-corrected chi connectivity index (χ1v) is 8.62. The van der Waals surface area contributed by atoms with Crippen LogP contribution in [0.1, 0.15) is 28.4 Å². The Hall–Kier alpha value is -3.03. The average Bonchev–Trinajstić information content (AvgIpc) is 2.66. The van der Waals surface area contributed by atoms with Crippen molar-refractivity contribution >= 4 is 11.8 Å². The number of carbonyl (C=O) groups is 2. The van der Waals surface area contributed by atoms with Gasteiger partial charge in [0, 0.05) is 13.6 Å². The molecule has 28 heavy (non-hydrogen) atoms. The van der Waals surface area contributed by atoms with Crippen molar-refractivity contribution < 1.29 is 27.5 Å². The number of nitrogens with one attached hydrogen (secondary N) is 1. The summed E-state index contributed by atoms with van der Waals surface area (Å²) < 4.78 is 43.2. The molecule has 1 N–H and O–H groups in total. The summed E-state index contributed by atoms with van der Waals surface area (Å²) in [5.74, 6) is -0.393. The van der Waals surface area contributed by atoms with Crippen LogP contribution in [0, 0.1) is 0 Å². The predicted molar refractivity (Wildman–Crippen MR) is 97.9 cm³/mol. The van der Waals surface area contributed by atoms with Gasteiger partial charge in [-0.05, 0) is 36.8 Å². The van der Waals surface area contributed by atoms with Gasteiger partial charge in [0.25, 0.3) is 5.91 Å². The van der Waals surface area contributed by atoms with Gasteiger partial charge >= 0.3 is 6.18 Å². The maximum Gasteiger partial charge on any atom is 0.416 e. The number of rotatable bonds is 7. The van der Waals surface area contributed by atoms with Crippen LogP contribution in [-0.2, 0) is 17.5 Å². The summed E-state index contributed by atoms with van der Waals surface area (Å²) in [6.45, 7) is 2.09. The number of hydrogen-bond acceptors (Lipinski definition) is 3. The number of para-hydroxylation sites is 1. The van der Waals surface area contributed by atoms with Crippen molar-refractivity contribution in [3.63, 3.8) is 0 Å². The Balaban J connectivity index is 1.91. The van der Waals surface area contributed by atoms with E-state index in [0.717, 1.165) is 12.1 Å². The molecule has 2 rings (SSSR count). The van der Waals surface area contributed by atoms with Gasteiger partial charge in [-0.25, -0.2) is 0 Å². The van der Waals surface area contributed by atoms with Crippen molar-refractivity contribution in [2.45, 2.75) is 19.6 Å². The first-order chi connectivity index (χ1) is 13.2. The summed E-state index contributed by atoms with van der Waals surface area (Å²) in [7, 11) is 1.51. The average molecular weight is 394 g/mol. The predicted octanol–water partition coefficient (Wildman–Crippen LogP) is 3.49. The standard InChI is InChI=1S/C20H21F3N2O3/c1-3-28-17-7-5-4-6-16(17)19(27)24-12-18(26)25(2)13-14-8-10-15(11-9-14)20(21,22)23/h4-11H,3,12-13H2,1-2H3,(H,24,27). The summed E-state index contributed by atoms with van der Waals surface area (Å²) in [5.41, 5.74) is 0.130. The number of amides is 2. The zero-order valence-corrected chi connectivity index (χ0v) is 15.5. The van der Waals surface area contributed by atoms with Crippen LogP contribution in [-0.4, -0.2) is 36.9 Å². The maximum absolute atomic E-state index is 12.6. The number of benzene rings is 2. The zero-order chi connectivity index (χ0) is 20.7. The molecule has 0 radical (unpaired) electrons. The van der Waals surface area contributed by atoms with Crippen LogP contribution >= 0.6 is 0 Å². The van der Waals surface area contributed by atoms with Crippen molar-refractivity contribution in [1.82, 2.24) is 10.2 Å². The third kappa shape index (κ3) is 5.73. The van der Waals surface area contributed by atoms with Crippen LogP contribution in [0.25, 0.3) is 0 Å². The van der Waals surface area contributed by atoms with E-state index in [1.165, 1.54) is 24.1 Å². The molecule has 0 unspecified atom stereocenters. The highest BCUT2D eigenvalue weighted by Crippen LogP contribution is 2.29. The Morgan fingerprint density at radius 3 is 2.32 bits per heavy atom. The van der Waals surface area contributed by atoms with Crippen LogP contribution in [0.5, 0.6) is 5.75 Å². The molecule has 2 amide bonds. The smallest absolute Gasteiger partial charge is 0.416 e. The molecule has 2 aromatic rings. The van der Waals surface area contributed by atoms with Gasteiger partial charge in [0.1, 0.15) is 5.75 Å². The van der Waals surface area contributed by atoms with Gasteiger partial charge in [-0.1, -0.05) is 24.3 Å². The monoisotopic (exact) mass is 394 g/mol. The second-order valence-corrected chi connectivity index (χ2v) is 6.06. The molecule has 0 saturated carbocycles. The second kappa shape index (κ2) is 9.25. The largest absolute Gasteiger partial charge is 0.493 e. The van der Waals surface area contributed by atoms with Crippen molar-refractivity contribution in [2.75, 3.05) is 20.2 Å². The van der Waals surface area contributed by atoms with Gasteiger partial charge in [0.15, 0.2) is 0 Å². The third-order valence-electron chi connectivity index (χ3n) is 3.96. The first kappa shape index (κ1) is 21.3. The molecule has 2 aromatic carbocycles. The van der Waals surface area contributed by atoms with E-state index in [0.29, 0.717) is 23.5 Å². The summed E-state index contributed by atoms with van der Waals surface area (Å²) in [4.78, 5) is 25.8. The van der Waals surface area contributed by atoms with E-state index in [1.54, 1.807) is 31.2 Å². The molecule has 0 saturated heterocycles. The highest BCUT2D eigenvalue weighted by atomic mass is 19.4. The number of ether oxygens (including phenoxy) is 1. The number of halogens is 3. The minimum absolute atomic E-state index is 0.127. The van der Waals surface area contributed by atoms with Crippen molar-refractivity contribution in [1.29, 1.82) is 0 Å². The zero-order valence-electron chi connectivity index (χ0n) is 15.5. The fraction of sp³-hybridized carbons (Fsp3) is 0.300. The number of carbonyl (C=O) groups excluding carboxylic acids is 2. The molecule has 0 bridgehead atoms.